The second-order valence-electron chi connectivity index (χ2n) is 5.73. The van der Waals surface area contributed by atoms with E-state index in [2.05, 4.69) is 9.97 Å². The molecule has 0 spiro atoms. The highest BCUT2D eigenvalue weighted by Gasteiger charge is 2.25. The molecule has 6 heteroatoms. The molecule has 1 unspecified atom stereocenters. The standard InChI is InChI=1S/C18H21N3O3/c22-17(14-23-13-15-6-2-1-3-7-15)21-11-4-8-16(12-21)24-18-19-9-5-10-20-18/h1-3,5-7,9-10,16H,4,8,11-14H2. The molecule has 0 aliphatic carbocycles. The number of carbonyl (C=O) groups is 1. The number of nitrogens with zero attached hydrogens (tertiary/aromatic N) is 3. The van der Waals surface area contributed by atoms with E-state index < -0.39 is 0 Å². The summed E-state index contributed by atoms with van der Waals surface area (Å²) in [7, 11) is 0. The molecule has 0 bridgehead atoms. The Morgan fingerprint density at radius 1 is 1.17 bits per heavy atom. The van der Waals surface area contributed by atoms with Crippen LogP contribution in [0.3, 0.4) is 0 Å². The zero-order chi connectivity index (χ0) is 16.6. The number of piperidine rings is 1. The summed E-state index contributed by atoms with van der Waals surface area (Å²) in [4.78, 5) is 22.2. The molecule has 0 radical (unpaired) electrons. The van der Waals surface area contributed by atoms with E-state index in [1.807, 2.05) is 30.3 Å². The molecule has 24 heavy (non-hydrogen) atoms. The van der Waals surface area contributed by atoms with Gasteiger partial charge in [0.15, 0.2) is 0 Å². The molecule has 1 saturated heterocycles. The van der Waals surface area contributed by atoms with Gasteiger partial charge in [-0.25, -0.2) is 9.97 Å². The summed E-state index contributed by atoms with van der Waals surface area (Å²) in [5.74, 6) is -0.00629. The minimum atomic E-state index is -0.0702. The molecule has 1 amide bonds. The van der Waals surface area contributed by atoms with Crippen molar-refractivity contribution in [3.05, 3.63) is 54.4 Å². The van der Waals surface area contributed by atoms with Gasteiger partial charge >= 0.3 is 6.01 Å². The van der Waals surface area contributed by atoms with Crippen LogP contribution in [-0.2, 0) is 16.1 Å². The highest BCUT2D eigenvalue weighted by molar-refractivity contribution is 5.77. The van der Waals surface area contributed by atoms with Crippen molar-refractivity contribution in [2.75, 3.05) is 19.7 Å². The maximum atomic E-state index is 12.3. The van der Waals surface area contributed by atoms with Crippen molar-refractivity contribution in [3.8, 4) is 6.01 Å². The number of likely N-dealkylation sites (tertiary alicyclic amines) is 1. The van der Waals surface area contributed by atoms with Crippen LogP contribution in [-0.4, -0.2) is 46.6 Å². The summed E-state index contributed by atoms with van der Waals surface area (Å²) < 4.78 is 11.3. The van der Waals surface area contributed by atoms with E-state index >= 15 is 0 Å². The highest BCUT2D eigenvalue weighted by Crippen LogP contribution is 2.15. The molecule has 3 rings (SSSR count). The number of hydrogen-bond donors (Lipinski definition) is 0. The Hall–Kier alpha value is -2.47. The minimum Gasteiger partial charge on any atom is -0.458 e. The van der Waals surface area contributed by atoms with Gasteiger partial charge in [0.05, 0.1) is 13.2 Å². The summed E-state index contributed by atoms with van der Waals surface area (Å²) in [6.45, 7) is 1.82. The van der Waals surface area contributed by atoms with E-state index in [1.165, 1.54) is 0 Å². The topological polar surface area (TPSA) is 64.5 Å². The molecule has 2 heterocycles. The summed E-state index contributed by atoms with van der Waals surface area (Å²) in [6.07, 6.45) is 5.02. The third kappa shape index (κ3) is 4.76. The average Bonchev–Trinajstić information content (AvgIpc) is 2.64. The van der Waals surface area contributed by atoms with Crippen molar-refractivity contribution >= 4 is 5.91 Å². The van der Waals surface area contributed by atoms with E-state index in [1.54, 1.807) is 23.4 Å². The van der Waals surface area contributed by atoms with E-state index in [0.29, 0.717) is 19.2 Å². The van der Waals surface area contributed by atoms with Crippen molar-refractivity contribution < 1.29 is 14.3 Å². The van der Waals surface area contributed by atoms with Gasteiger partial charge in [-0.1, -0.05) is 30.3 Å². The molecular formula is C18H21N3O3. The number of hydrogen-bond acceptors (Lipinski definition) is 5. The van der Waals surface area contributed by atoms with Gasteiger partial charge in [-0.3, -0.25) is 4.79 Å². The molecule has 6 nitrogen and oxygen atoms in total. The maximum absolute atomic E-state index is 12.3. The normalized spacial score (nSPS) is 17.5. The Balaban J connectivity index is 1.44. The van der Waals surface area contributed by atoms with E-state index in [9.17, 15) is 4.79 Å². The fraction of sp³-hybridized carbons (Fsp3) is 0.389. The van der Waals surface area contributed by atoms with Crippen LogP contribution in [0.25, 0.3) is 0 Å². The highest BCUT2D eigenvalue weighted by atomic mass is 16.5. The van der Waals surface area contributed by atoms with Crippen molar-refractivity contribution in [2.24, 2.45) is 0 Å². The number of aromatic nitrogens is 2. The van der Waals surface area contributed by atoms with E-state index in [0.717, 1.165) is 24.9 Å². The van der Waals surface area contributed by atoms with Gasteiger partial charge in [-0.15, -0.1) is 0 Å². The Kier molecular flexibility index (Phi) is 5.74. The van der Waals surface area contributed by atoms with Crippen LogP contribution in [0.4, 0.5) is 0 Å². The van der Waals surface area contributed by atoms with Crippen LogP contribution in [0.1, 0.15) is 18.4 Å². The van der Waals surface area contributed by atoms with Gasteiger partial charge in [0.1, 0.15) is 12.7 Å². The summed E-state index contributed by atoms with van der Waals surface area (Å²) in [5.41, 5.74) is 1.06. The zero-order valence-electron chi connectivity index (χ0n) is 13.5. The van der Waals surface area contributed by atoms with Crippen LogP contribution in [0.15, 0.2) is 48.8 Å². The molecule has 1 aliphatic rings. The number of rotatable bonds is 6. The predicted molar refractivity (Wildman–Crippen MR) is 88.4 cm³/mol. The fourth-order valence-corrected chi connectivity index (χ4v) is 2.68. The van der Waals surface area contributed by atoms with Crippen LogP contribution in [0.5, 0.6) is 6.01 Å². The lowest BCUT2D eigenvalue weighted by Gasteiger charge is -2.32. The van der Waals surface area contributed by atoms with Crippen molar-refractivity contribution in [2.45, 2.75) is 25.6 Å². The Labute approximate surface area is 141 Å². The first-order valence-corrected chi connectivity index (χ1v) is 8.14. The van der Waals surface area contributed by atoms with Crippen molar-refractivity contribution in [3.63, 3.8) is 0 Å². The van der Waals surface area contributed by atoms with Gasteiger partial charge in [0, 0.05) is 18.9 Å². The van der Waals surface area contributed by atoms with Gasteiger partial charge in [0.2, 0.25) is 5.91 Å². The van der Waals surface area contributed by atoms with Gasteiger partial charge in [0.25, 0.3) is 0 Å². The first-order chi connectivity index (χ1) is 11.8. The molecule has 1 aliphatic heterocycles. The number of benzene rings is 1. The third-order valence-electron chi connectivity index (χ3n) is 3.88. The molecule has 2 aromatic rings. The Morgan fingerprint density at radius 3 is 2.75 bits per heavy atom. The third-order valence-corrected chi connectivity index (χ3v) is 3.88. The van der Waals surface area contributed by atoms with E-state index in [4.69, 9.17) is 9.47 Å². The molecule has 1 aromatic carbocycles. The minimum absolute atomic E-state index is 0.00629. The summed E-state index contributed by atoms with van der Waals surface area (Å²) in [5, 5.41) is 0. The lowest BCUT2D eigenvalue weighted by atomic mass is 10.1. The monoisotopic (exact) mass is 327 g/mol. The molecular weight excluding hydrogens is 306 g/mol. The second-order valence-corrected chi connectivity index (χ2v) is 5.73. The summed E-state index contributed by atoms with van der Waals surface area (Å²) in [6, 6.07) is 11.9. The maximum Gasteiger partial charge on any atom is 0.316 e. The molecule has 1 atom stereocenters. The number of amides is 1. The zero-order valence-corrected chi connectivity index (χ0v) is 13.5. The molecule has 1 aromatic heterocycles. The van der Waals surface area contributed by atoms with Crippen LogP contribution < -0.4 is 4.74 Å². The largest absolute Gasteiger partial charge is 0.458 e. The molecule has 126 valence electrons. The van der Waals surface area contributed by atoms with Crippen LogP contribution in [0.2, 0.25) is 0 Å². The van der Waals surface area contributed by atoms with E-state index in [-0.39, 0.29) is 18.6 Å². The van der Waals surface area contributed by atoms with Crippen LogP contribution in [0, 0.1) is 0 Å². The van der Waals surface area contributed by atoms with Crippen molar-refractivity contribution in [1.82, 2.24) is 14.9 Å². The first kappa shape index (κ1) is 16.4. The lowest BCUT2D eigenvalue weighted by molar-refractivity contribution is -0.139. The average molecular weight is 327 g/mol. The van der Waals surface area contributed by atoms with Gasteiger partial charge in [-0.2, -0.15) is 0 Å². The quantitative estimate of drug-likeness (QED) is 0.812. The lowest BCUT2D eigenvalue weighted by Crippen LogP contribution is -2.45. The SMILES string of the molecule is O=C(COCc1ccccc1)N1CCCC(Oc2ncccn2)C1. The van der Waals surface area contributed by atoms with Crippen LogP contribution >= 0.6 is 0 Å². The second kappa shape index (κ2) is 8.40. The molecule has 1 fully saturated rings. The van der Waals surface area contributed by atoms with Crippen molar-refractivity contribution in [1.29, 1.82) is 0 Å². The Bertz CT molecular complexity index is 636. The first-order valence-electron chi connectivity index (χ1n) is 8.14. The number of ether oxygens (including phenoxy) is 2. The van der Waals surface area contributed by atoms with Gasteiger partial charge < -0.3 is 14.4 Å². The molecule has 0 N–H and O–H groups in total. The Morgan fingerprint density at radius 2 is 1.96 bits per heavy atom. The predicted octanol–water partition coefficient (Wildman–Crippen LogP) is 2.06. The fourth-order valence-electron chi connectivity index (χ4n) is 2.68. The van der Waals surface area contributed by atoms with Gasteiger partial charge in [-0.05, 0) is 24.5 Å². The molecule has 0 saturated carbocycles. The smallest absolute Gasteiger partial charge is 0.316 e. The number of carbonyl (C=O) groups excluding carboxylic acids is 1. The summed E-state index contributed by atoms with van der Waals surface area (Å²) >= 11 is 0.